The second-order valence-corrected chi connectivity index (χ2v) is 2.43. The molecule has 0 fully saturated rings. The lowest BCUT2D eigenvalue weighted by atomic mass is 10.3. The number of carbonyl (C=O) groups is 1. The first-order valence-electron chi connectivity index (χ1n) is 3.61. The molecule has 0 atom stereocenters. The molecule has 0 unspecified atom stereocenters. The minimum absolute atomic E-state index is 0.385. The molecular formula is C8H6N3O2. The molecule has 0 amide bonds. The molecule has 1 N–H and O–H groups in total. The van der Waals surface area contributed by atoms with E-state index in [0.29, 0.717) is 16.7 Å². The van der Waals surface area contributed by atoms with Crippen molar-refractivity contribution in [1.29, 1.82) is 0 Å². The molecule has 0 aliphatic heterocycles. The van der Waals surface area contributed by atoms with E-state index in [9.17, 15) is 4.79 Å². The van der Waals surface area contributed by atoms with Crippen LogP contribution in [0.2, 0.25) is 0 Å². The molecule has 0 bridgehead atoms. The second-order valence-electron chi connectivity index (χ2n) is 2.43. The molecule has 13 heavy (non-hydrogen) atoms. The lowest BCUT2D eigenvalue weighted by Crippen LogP contribution is -2.01. The number of esters is 1. The van der Waals surface area contributed by atoms with Gasteiger partial charge < -0.3 is 9.72 Å². The van der Waals surface area contributed by atoms with Gasteiger partial charge >= 0.3 is 5.97 Å². The Hall–Kier alpha value is -1.91. The van der Waals surface area contributed by atoms with Crippen LogP contribution in [0.1, 0.15) is 10.4 Å². The van der Waals surface area contributed by atoms with Crippen molar-refractivity contribution >= 4 is 17.1 Å². The van der Waals surface area contributed by atoms with E-state index in [-0.39, 0.29) is 0 Å². The Morgan fingerprint density at radius 1 is 1.69 bits per heavy atom. The van der Waals surface area contributed by atoms with E-state index in [2.05, 4.69) is 26.0 Å². The molecule has 2 aromatic heterocycles. The Labute approximate surface area is 73.8 Å². The van der Waals surface area contributed by atoms with Crippen LogP contribution in [-0.4, -0.2) is 28.0 Å². The molecule has 2 heterocycles. The molecule has 5 nitrogen and oxygen atoms in total. The zero-order valence-electron chi connectivity index (χ0n) is 6.87. The number of fused-ring (bicyclic) bond motifs is 1. The molecule has 0 spiro atoms. The van der Waals surface area contributed by atoms with Crippen molar-refractivity contribution < 1.29 is 9.53 Å². The molecule has 2 aromatic rings. The summed E-state index contributed by atoms with van der Waals surface area (Å²) in [6, 6.07) is 1.60. The van der Waals surface area contributed by atoms with Gasteiger partial charge in [0.15, 0.2) is 12.0 Å². The minimum Gasteiger partial charge on any atom is -0.465 e. The van der Waals surface area contributed by atoms with Crippen LogP contribution in [0.4, 0.5) is 0 Å². The van der Waals surface area contributed by atoms with E-state index in [4.69, 9.17) is 0 Å². The molecule has 1 radical (unpaired) electrons. The predicted molar refractivity (Wildman–Crippen MR) is 44.1 cm³/mol. The number of hydrogen-bond donors (Lipinski definition) is 1. The van der Waals surface area contributed by atoms with Crippen molar-refractivity contribution in [2.75, 3.05) is 7.11 Å². The summed E-state index contributed by atoms with van der Waals surface area (Å²) in [5.74, 6) is -0.419. The molecule has 0 saturated carbocycles. The van der Waals surface area contributed by atoms with E-state index < -0.39 is 5.97 Å². The monoisotopic (exact) mass is 176 g/mol. The van der Waals surface area contributed by atoms with Gasteiger partial charge in [0, 0.05) is 6.20 Å². The Kier molecular flexibility index (Phi) is 1.70. The number of imidazole rings is 1. The summed E-state index contributed by atoms with van der Waals surface area (Å²) >= 11 is 0. The quantitative estimate of drug-likeness (QED) is 0.644. The summed E-state index contributed by atoms with van der Waals surface area (Å²) in [5, 5.41) is 0. The lowest BCUT2D eigenvalue weighted by molar-refractivity contribution is 0.0600. The third-order valence-corrected chi connectivity index (χ3v) is 1.64. The van der Waals surface area contributed by atoms with Gasteiger partial charge in [-0.1, -0.05) is 0 Å². The highest BCUT2D eigenvalue weighted by Gasteiger charge is 2.07. The Morgan fingerprint density at radius 3 is 3.31 bits per heavy atom. The number of pyridine rings is 1. The third-order valence-electron chi connectivity index (χ3n) is 1.64. The number of aromatic nitrogens is 3. The zero-order valence-corrected chi connectivity index (χ0v) is 6.87. The Bertz CT molecular complexity index is 449. The van der Waals surface area contributed by atoms with Crippen molar-refractivity contribution in [3.8, 4) is 0 Å². The number of nitrogens with one attached hydrogen (secondary N) is 1. The van der Waals surface area contributed by atoms with Gasteiger partial charge in [-0.05, 0) is 6.07 Å². The van der Waals surface area contributed by atoms with Gasteiger partial charge in [-0.3, -0.25) is 0 Å². The van der Waals surface area contributed by atoms with E-state index >= 15 is 0 Å². The smallest absolute Gasteiger partial charge is 0.339 e. The van der Waals surface area contributed by atoms with Crippen LogP contribution in [0.3, 0.4) is 0 Å². The fraction of sp³-hybridized carbons (Fsp3) is 0.125. The molecule has 0 aliphatic carbocycles. The number of carbonyl (C=O) groups excluding carboxylic acids is 1. The van der Waals surface area contributed by atoms with Crippen molar-refractivity contribution in [3.05, 3.63) is 24.2 Å². The normalized spacial score (nSPS) is 10.2. The Morgan fingerprint density at radius 2 is 2.54 bits per heavy atom. The van der Waals surface area contributed by atoms with Gasteiger partial charge in [0.25, 0.3) is 0 Å². The number of methoxy groups -OCH3 is 1. The first-order valence-corrected chi connectivity index (χ1v) is 3.61. The van der Waals surface area contributed by atoms with E-state index in [0.717, 1.165) is 0 Å². The van der Waals surface area contributed by atoms with E-state index in [1.165, 1.54) is 13.3 Å². The Balaban J connectivity index is 2.54. The van der Waals surface area contributed by atoms with E-state index in [1.54, 1.807) is 6.07 Å². The third kappa shape index (κ3) is 1.24. The SMILES string of the molecule is COC(=O)c1cnc2[nH][c]nc2c1. The van der Waals surface area contributed by atoms with Crippen LogP contribution >= 0.6 is 0 Å². The summed E-state index contributed by atoms with van der Waals surface area (Å²) in [7, 11) is 1.32. The average molecular weight is 176 g/mol. The first kappa shape index (κ1) is 7.72. The average Bonchev–Trinajstić information content (AvgIpc) is 2.63. The largest absolute Gasteiger partial charge is 0.465 e. The summed E-state index contributed by atoms with van der Waals surface area (Å²) < 4.78 is 4.53. The van der Waals surface area contributed by atoms with Crippen LogP contribution in [0.5, 0.6) is 0 Å². The lowest BCUT2D eigenvalue weighted by Gasteiger charge is -1.96. The molecule has 0 aromatic carbocycles. The number of nitrogens with zero attached hydrogens (tertiary/aromatic N) is 2. The first-order chi connectivity index (χ1) is 6.31. The van der Waals surface area contributed by atoms with Gasteiger partial charge in [0.05, 0.1) is 12.7 Å². The minimum atomic E-state index is -0.419. The summed E-state index contributed by atoms with van der Waals surface area (Å²) in [4.78, 5) is 21.6. The summed E-state index contributed by atoms with van der Waals surface area (Å²) in [6.45, 7) is 0. The molecule has 65 valence electrons. The topological polar surface area (TPSA) is 67.9 Å². The summed E-state index contributed by atoms with van der Waals surface area (Å²) in [6.07, 6.45) is 3.96. The molecule has 0 aliphatic rings. The highest BCUT2D eigenvalue weighted by Crippen LogP contribution is 2.08. The highest BCUT2D eigenvalue weighted by molar-refractivity contribution is 5.91. The standard InChI is InChI=1S/C8H6N3O2/c1-13-8(12)5-2-6-7(9-3-5)11-4-10-6/h2-3H,1H3,(H,9,10,11). The van der Waals surface area contributed by atoms with E-state index in [1.807, 2.05) is 0 Å². The molecule has 0 saturated heterocycles. The highest BCUT2D eigenvalue weighted by atomic mass is 16.5. The maximum Gasteiger partial charge on any atom is 0.339 e. The van der Waals surface area contributed by atoms with Gasteiger partial charge in [-0.25, -0.2) is 14.8 Å². The van der Waals surface area contributed by atoms with Gasteiger partial charge in [0.1, 0.15) is 5.52 Å². The number of ether oxygens (including phenoxy) is 1. The van der Waals surface area contributed by atoms with Crippen LogP contribution in [-0.2, 0) is 4.74 Å². The fourth-order valence-electron chi connectivity index (χ4n) is 1.01. The summed E-state index contributed by atoms with van der Waals surface area (Å²) in [5.41, 5.74) is 1.59. The van der Waals surface area contributed by atoms with Crippen LogP contribution in [0, 0.1) is 6.33 Å². The van der Waals surface area contributed by atoms with Crippen molar-refractivity contribution in [3.63, 3.8) is 0 Å². The molecular weight excluding hydrogens is 170 g/mol. The second kappa shape index (κ2) is 2.85. The number of hydrogen-bond acceptors (Lipinski definition) is 4. The van der Waals surface area contributed by atoms with Crippen LogP contribution in [0.15, 0.2) is 12.3 Å². The van der Waals surface area contributed by atoms with Crippen LogP contribution < -0.4 is 0 Å². The number of H-pyrrole nitrogens is 1. The van der Waals surface area contributed by atoms with Gasteiger partial charge in [0.2, 0.25) is 0 Å². The van der Waals surface area contributed by atoms with Gasteiger partial charge in [-0.15, -0.1) is 0 Å². The zero-order chi connectivity index (χ0) is 9.26. The maximum atomic E-state index is 11.1. The maximum absolute atomic E-state index is 11.1. The van der Waals surface area contributed by atoms with Crippen molar-refractivity contribution in [1.82, 2.24) is 15.0 Å². The van der Waals surface area contributed by atoms with Crippen molar-refractivity contribution in [2.45, 2.75) is 0 Å². The van der Waals surface area contributed by atoms with Gasteiger partial charge in [-0.2, -0.15) is 0 Å². The molecule has 5 heteroatoms. The number of rotatable bonds is 1. The molecule has 2 rings (SSSR count). The fourth-order valence-corrected chi connectivity index (χ4v) is 1.01. The van der Waals surface area contributed by atoms with Crippen molar-refractivity contribution in [2.24, 2.45) is 0 Å². The predicted octanol–water partition coefficient (Wildman–Crippen LogP) is 0.545. The number of aromatic amines is 1. The van der Waals surface area contributed by atoms with Crippen LogP contribution in [0.25, 0.3) is 11.2 Å².